The number of nitro benzene ring substituents is 1. The van der Waals surface area contributed by atoms with Crippen LogP contribution in [0.1, 0.15) is 5.56 Å². The minimum absolute atomic E-state index is 0.0270. The number of benzene rings is 2. The number of fused-ring (bicyclic) bond motifs is 1. The number of carbonyl (C=O) groups excluding carboxylic acids is 1. The number of rotatable bonds is 5. The summed E-state index contributed by atoms with van der Waals surface area (Å²) in [6.07, 6.45) is 2.82. The van der Waals surface area contributed by atoms with Crippen molar-refractivity contribution in [3.8, 4) is 5.75 Å². The van der Waals surface area contributed by atoms with Gasteiger partial charge in [0, 0.05) is 18.2 Å². The van der Waals surface area contributed by atoms with Crippen LogP contribution in [0.5, 0.6) is 5.75 Å². The minimum Gasteiger partial charge on any atom is -0.494 e. The molecule has 0 aliphatic rings. The Bertz CT molecular complexity index is 981. The van der Waals surface area contributed by atoms with Gasteiger partial charge in [-0.3, -0.25) is 20.2 Å². The highest BCUT2D eigenvalue weighted by Gasteiger charge is 2.10. The van der Waals surface area contributed by atoms with E-state index >= 15 is 0 Å². The lowest BCUT2D eigenvalue weighted by Crippen LogP contribution is -2.07. The van der Waals surface area contributed by atoms with Crippen LogP contribution >= 0.6 is 11.3 Å². The fourth-order valence-electron chi connectivity index (χ4n) is 2.20. The fourth-order valence-corrected chi connectivity index (χ4v) is 3.09. The Morgan fingerprint density at radius 3 is 2.88 bits per heavy atom. The number of ether oxygens (including phenoxy) is 1. The molecule has 126 valence electrons. The molecule has 3 aromatic rings. The van der Waals surface area contributed by atoms with Gasteiger partial charge in [0.1, 0.15) is 11.3 Å². The van der Waals surface area contributed by atoms with Crippen molar-refractivity contribution in [3.63, 3.8) is 0 Å². The Balaban J connectivity index is 1.74. The number of hydrogen-bond donors (Lipinski definition) is 1. The number of non-ortho nitro benzene ring substituents is 1. The second-order valence-corrected chi connectivity index (χ2v) is 6.03. The van der Waals surface area contributed by atoms with Gasteiger partial charge in [-0.1, -0.05) is 29.5 Å². The van der Waals surface area contributed by atoms with Crippen molar-refractivity contribution in [3.05, 3.63) is 64.2 Å². The molecule has 0 saturated carbocycles. The Kier molecular flexibility index (Phi) is 4.71. The van der Waals surface area contributed by atoms with Crippen LogP contribution in [0.15, 0.2) is 48.5 Å². The first-order chi connectivity index (χ1) is 12.1. The molecule has 0 radical (unpaired) electrons. The van der Waals surface area contributed by atoms with Gasteiger partial charge in [0.15, 0.2) is 5.13 Å². The SMILES string of the molecule is COc1cccc2sc(NC(=O)/C=C/c3cccc([N+](=O)[O-])c3)nc12. The van der Waals surface area contributed by atoms with Crippen LogP contribution in [0.4, 0.5) is 10.8 Å². The molecule has 8 heteroatoms. The summed E-state index contributed by atoms with van der Waals surface area (Å²) in [7, 11) is 1.56. The Morgan fingerprint density at radius 2 is 2.12 bits per heavy atom. The van der Waals surface area contributed by atoms with Crippen molar-refractivity contribution in [2.75, 3.05) is 12.4 Å². The molecule has 1 aromatic heterocycles. The maximum atomic E-state index is 12.0. The topological polar surface area (TPSA) is 94.4 Å². The lowest BCUT2D eigenvalue weighted by Gasteiger charge is -1.98. The van der Waals surface area contributed by atoms with Crippen molar-refractivity contribution in [2.24, 2.45) is 0 Å². The number of para-hydroxylation sites is 1. The average Bonchev–Trinajstić information content (AvgIpc) is 3.02. The van der Waals surface area contributed by atoms with Crippen LogP contribution in [-0.2, 0) is 4.79 Å². The summed E-state index contributed by atoms with van der Waals surface area (Å²) in [4.78, 5) is 26.7. The molecule has 0 saturated heterocycles. The Morgan fingerprint density at radius 1 is 1.32 bits per heavy atom. The quantitative estimate of drug-likeness (QED) is 0.426. The third-order valence-corrected chi connectivity index (χ3v) is 4.28. The summed E-state index contributed by atoms with van der Waals surface area (Å²) in [5, 5.41) is 13.9. The van der Waals surface area contributed by atoms with Gasteiger partial charge >= 0.3 is 0 Å². The number of methoxy groups -OCH3 is 1. The molecule has 2 aromatic carbocycles. The lowest BCUT2D eigenvalue weighted by atomic mass is 10.2. The molecule has 0 aliphatic carbocycles. The lowest BCUT2D eigenvalue weighted by molar-refractivity contribution is -0.384. The molecule has 1 amide bonds. The van der Waals surface area contributed by atoms with E-state index in [1.165, 1.54) is 35.6 Å². The zero-order valence-corrected chi connectivity index (χ0v) is 13.9. The number of hydrogen-bond acceptors (Lipinski definition) is 6. The third-order valence-electron chi connectivity index (χ3n) is 3.34. The Hall–Kier alpha value is -3.26. The van der Waals surface area contributed by atoms with Crippen LogP contribution in [-0.4, -0.2) is 22.9 Å². The predicted octanol–water partition coefficient (Wildman–Crippen LogP) is 3.87. The maximum Gasteiger partial charge on any atom is 0.270 e. The number of amides is 1. The highest BCUT2D eigenvalue weighted by molar-refractivity contribution is 7.22. The molecule has 25 heavy (non-hydrogen) atoms. The van der Waals surface area contributed by atoms with Gasteiger partial charge in [0.25, 0.3) is 5.69 Å². The summed E-state index contributed by atoms with van der Waals surface area (Å²) in [5.74, 6) is 0.269. The molecule has 0 bridgehead atoms. The molecule has 0 fully saturated rings. The van der Waals surface area contributed by atoms with E-state index in [0.717, 1.165) is 4.70 Å². The first-order valence-corrected chi connectivity index (χ1v) is 8.05. The van der Waals surface area contributed by atoms with Crippen LogP contribution < -0.4 is 10.1 Å². The van der Waals surface area contributed by atoms with Gasteiger partial charge in [-0.05, 0) is 23.8 Å². The van der Waals surface area contributed by atoms with Gasteiger partial charge in [-0.25, -0.2) is 4.98 Å². The number of anilines is 1. The number of thiazole rings is 1. The first-order valence-electron chi connectivity index (χ1n) is 7.24. The standard InChI is InChI=1S/C17H13N3O4S/c1-24-13-6-3-7-14-16(13)19-17(25-14)18-15(21)9-8-11-4-2-5-12(10-11)20(22)23/h2-10H,1H3,(H,18,19,21)/b9-8+. The van der Waals surface area contributed by atoms with Gasteiger partial charge in [0.2, 0.25) is 5.91 Å². The van der Waals surface area contributed by atoms with E-state index in [4.69, 9.17) is 4.74 Å². The molecule has 1 N–H and O–H groups in total. The molecule has 3 rings (SSSR count). The van der Waals surface area contributed by atoms with Crippen molar-refractivity contribution < 1.29 is 14.5 Å². The van der Waals surface area contributed by atoms with Gasteiger partial charge in [0.05, 0.1) is 16.7 Å². The number of nitrogens with zero attached hydrogens (tertiary/aromatic N) is 2. The molecular weight excluding hydrogens is 342 g/mol. The normalized spacial score (nSPS) is 10.9. The van der Waals surface area contributed by atoms with Crippen molar-refractivity contribution in [1.29, 1.82) is 0 Å². The van der Waals surface area contributed by atoms with E-state index in [9.17, 15) is 14.9 Å². The molecule has 0 aliphatic heterocycles. The number of carbonyl (C=O) groups is 1. The molecule has 0 unspecified atom stereocenters. The highest BCUT2D eigenvalue weighted by Crippen LogP contribution is 2.32. The summed E-state index contributed by atoms with van der Waals surface area (Å²) >= 11 is 1.34. The number of aromatic nitrogens is 1. The Labute approximate surface area is 146 Å². The molecule has 0 atom stereocenters. The van der Waals surface area contributed by atoms with Crippen LogP contribution in [0.3, 0.4) is 0 Å². The first kappa shape index (κ1) is 16.6. The predicted molar refractivity (Wildman–Crippen MR) is 96.9 cm³/mol. The van der Waals surface area contributed by atoms with Crippen molar-refractivity contribution in [1.82, 2.24) is 4.98 Å². The van der Waals surface area contributed by atoms with Gasteiger partial charge < -0.3 is 4.74 Å². The van der Waals surface area contributed by atoms with E-state index < -0.39 is 4.92 Å². The molecule has 0 spiro atoms. The second-order valence-electron chi connectivity index (χ2n) is 5.00. The van der Waals surface area contributed by atoms with E-state index in [0.29, 0.717) is 22.0 Å². The van der Waals surface area contributed by atoms with E-state index in [1.54, 1.807) is 25.3 Å². The van der Waals surface area contributed by atoms with Crippen LogP contribution in [0.25, 0.3) is 16.3 Å². The molecule has 1 heterocycles. The van der Waals surface area contributed by atoms with Crippen molar-refractivity contribution in [2.45, 2.75) is 0 Å². The zero-order chi connectivity index (χ0) is 17.8. The summed E-state index contributed by atoms with van der Waals surface area (Å²) in [6.45, 7) is 0. The second kappa shape index (κ2) is 7.10. The largest absolute Gasteiger partial charge is 0.494 e. The highest BCUT2D eigenvalue weighted by atomic mass is 32.1. The van der Waals surface area contributed by atoms with Crippen LogP contribution in [0.2, 0.25) is 0 Å². The fraction of sp³-hybridized carbons (Fsp3) is 0.0588. The minimum atomic E-state index is -0.480. The molecular formula is C17H13N3O4S. The summed E-state index contributed by atoms with van der Waals surface area (Å²) in [6, 6.07) is 11.6. The van der Waals surface area contributed by atoms with E-state index in [2.05, 4.69) is 10.3 Å². The van der Waals surface area contributed by atoms with E-state index in [-0.39, 0.29) is 11.6 Å². The number of nitro groups is 1. The van der Waals surface area contributed by atoms with E-state index in [1.807, 2.05) is 12.1 Å². The van der Waals surface area contributed by atoms with Gasteiger partial charge in [-0.15, -0.1) is 0 Å². The summed E-state index contributed by atoms with van der Waals surface area (Å²) in [5.41, 5.74) is 1.23. The zero-order valence-electron chi connectivity index (χ0n) is 13.1. The monoisotopic (exact) mass is 355 g/mol. The van der Waals surface area contributed by atoms with Gasteiger partial charge in [-0.2, -0.15) is 0 Å². The summed E-state index contributed by atoms with van der Waals surface area (Å²) < 4.78 is 6.14. The van der Waals surface area contributed by atoms with Crippen LogP contribution in [0, 0.1) is 10.1 Å². The smallest absolute Gasteiger partial charge is 0.270 e. The number of nitrogens with one attached hydrogen (secondary N) is 1. The maximum absolute atomic E-state index is 12.0. The average molecular weight is 355 g/mol. The molecule has 7 nitrogen and oxygen atoms in total. The van der Waals surface area contributed by atoms with Crippen molar-refractivity contribution >= 4 is 44.4 Å². The third kappa shape index (κ3) is 3.81.